The lowest BCUT2D eigenvalue weighted by molar-refractivity contribution is -0.113. The average molecular weight is 392 g/mol. The van der Waals surface area contributed by atoms with Crippen molar-refractivity contribution in [2.24, 2.45) is 0 Å². The summed E-state index contributed by atoms with van der Waals surface area (Å²) in [4.78, 5) is 25.4. The topological polar surface area (TPSA) is 89.8 Å². The molecule has 7 heteroatoms. The zero-order valence-electron chi connectivity index (χ0n) is 16.0. The molecule has 3 rings (SSSR count). The number of carbonyl (C=O) groups is 2. The molecule has 2 amide bonds. The van der Waals surface area contributed by atoms with Gasteiger partial charge >= 0.3 is 0 Å². The summed E-state index contributed by atoms with van der Waals surface area (Å²) in [7, 11) is 3.03. The first-order valence-electron chi connectivity index (χ1n) is 8.75. The molecule has 0 aliphatic carbocycles. The van der Waals surface area contributed by atoms with Crippen LogP contribution in [0.15, 0.2) is 77.0 Å². The largest absolute Gasteiger partial charge is 0.497 e. The minimum Gasteiger partial charge on any atom is -0.497 e. The summed E-state index contributed by atoms with van der Waals surface area (Å²) in [6, 6.07) is 16.9. The molecule has 0 aliphatic rings. The monoisotopic (exact) mass is 392 g/mol. The summed E-state index contributed by atoms with van der Waals surface area (Å²) < 4.78 is 15.7. The van der Waals surface area contributed by atoms with Gasteiger partial charge in [-0.25, -0.2) is 0 Å². The first-order chi connectivity index (χ1) is 14.1. The maximum absolute atomic E-state index is 12.9. The van der Waals surface area contributed by atoms with Gasteiger partial charge in [0.25, 0.3) is 11.8 Å². The van der Waals surface area contributed by atoms with Gasteiger partial charge in [0.05, 0.1) is 20.5 Å². The second-order valence-corrected chi connectivity index (χ2v) is 5.95. The van der Waals surface area contributed by atoms with Gasteiger partial charge in [0.1, 0.15) is 23.0 Å². The molecule has 0 fully saturated rings. The lowest BCUT2D eigenvalue weighted by atomic mass is 10.2. The Balaban J connectivity index is 1.86. The Morgan fingerprint density at radius 1 is 0.931 bits per heavy atom. The summed E-state index contributed by atoms with van der Waals surface area (Å²) >= 11 is 0. The van der Waals surface area contributed by atoms with Crippen LogP contribution in [-0.4, -0.2) is 26.0 Å². The zero-order chi connectivity index (χ0) is 20.6. The van der Waals surface area contributed by atoms with Crippen molar-refractivity contribution in [3.63, 3.8) is 0 Å². The molecule has 2 aromatic carbocycles. The summed E-state index contributed by atoms with van der Waals surface area (Å²) in [6.07, 6.45) is 2.93. The van der Waals surface area contributed by atoms with Crippen LogP contribution in [0.5, 0.6) is 11.5 Å². The molecule has 2 N–H and O–H groups in total. The lowest BCUT2D eigenvalue weighted by Crippen LogP contribution is -2.30. The molecule has 0 atom stereocenters. The first-order valence-corrected chi connectivity index (χ1v) is 8.75. The van der Waals surface area contributed by atoms with E-state index in [1.54, 1.807) is 60.7 Å². The number of ether oxygens (including phenoxy) is 2. The summed E-state index contributed by atoms with van der Waals surface area (Å²) in [5, 5.41) is 5.37. The van der Waals surface area contributed by atoms with Crippen LogP contribution in [0.3, 0.4) is 0 Å². The summed E-state index contributed by atoms with van der Waals surface area (Å²) in [5.74, 6) is 0.517. The molecular weight excluding hydrogens is 372 g/mol. The Hall–Kier alpha value is -4.00. The second kappa shape index (κ2) is 9.27. The number of furan rings is 1. The Labute approximate surface area is 167 Å². The lowest BCUT2D eigenvalue weighted by Gasteiger charge is -2.12. The Morgan fingerprint density at radius 2 is 1.62 bits per heavy atom. The number of carbonyl (C=O) groups excluding carboxylic acids is 2. The molecule has 148 valence electrons. The third-order valence-corrected chi connectivity index (χ3v) is 3.97. The first kappa shape index (κ1) is 19.8. The van der Waals surface area contributed by atoms with Gasteiger partial charge in [0.2, 0.25) is 0 Å². The fourth-order valence-corrected chi connectivity index (χ4v) is 2.54. The van der Waals surface area contributed by atoms with E-state index in [2.05, 4.69) is 10.6 Å². The van der Waals surface area contributed by atoms with E-state index in [4.69, 9.17) is 13.9 Å². The Kier molecular flexibility index (Phi) is 6.32. The molecule has 0 aliphatic heterocycles. The van der Waals surface area contributed by atoms with E-state index in [9.17, 15) is 9.59 Å². The minimum atomic E-state index is -0.527. The van der Waals surface area contributed by atoms with Crippen LogP contribution in [-0.2, 0) is 4.79 Å². The van der Waals surface area contributed by atoms with Gasteiger partial charge in [-0.05, 0) is 24.3 Å². The third-order valence-electron chi connectivity index (χ3n) is 3.97. The quantitative estimate of drug-likeness (QED) is 0.599. The third kappa shape index (κ3) is 5.26. The second-order valence-electron chi connectivity index (χ2n) is 5.95. The van der Waals surface area contributed by atoms with Gasteiger partial charge in [-0.2, -0.15) is 0 Å². The van der Waals surface area contributed by atoms with Crippen molar-refractivity contribution in [1.82, 2.24) is 5.32 Å². The predicted molar refractivity (Wildman–Crippen MR) is 109 cm³/mol. The minimum absolute atomic E-state index is 0.0237. The number of amides is 2. The van der Waals surface area contributed by atoms with Crippen LogP contribution in [0, 0.1) is 0 Å². The van der Waals surface area contributed by atoms with E-state index in [-0.39, 0.29) is 5.70 Å². The molecule has 7 nitrogen and oxygen atoms in total. The fourth-order valence-electron chi connectivity index (χ4n) is 2.54. The van der Waals surface area contributed by atoms with Gasteiger partial charge in [-0.3, -0.25) is 9.59 Å². The number of hydrogen-bond donors (Lipinski definition) is 2. The maximum atomic E-state index is 12.9. The fraction of sp³-hybridized carbons (Fsp3) is 0.0909. The van der Waals surface area contributed by atoms with E-state index >= 15 is 0 Å². The molecule has 0 unspecified atom stereocenters. The zero-order valence-corrected chi connectivity index (χ0v) is 16.0. The highest BCUT2D eigenvalue weighted by Crippen LogP contribution is 2.26. The smallest absolute Gasteiger partial charge is 0.272 e. The van der Waals surface area contributed by atoms with Gasteiger partial charge < -0.3 is 24.5 Å². The van der Waals surface area contributed by atoms with E-state index in [1.807, 2.05) is 0 Å². The molecule has 0 saturated heterocycles. The molecule has 0 saturated carbocycles. The van der Waals surface area contributed by atoms with Crippen molar-refractivity contribution >= 4 is 23.6 Å². The van der Waals surface area contributed by atoms with E-state index in [0.29, 0.717) is 28.5 Å². The molecule has 1 aromatic heterocycles. The molecule has 0 spiro atoms. The Bertz CT molecular complexity index is 989. The SMILES string of the molecule is COc1cc(NC(=O)C(=Cc2ccco2)NC(=O)c2ccccc2)cc(OC)c1. The van der Waals surface area contributed by atoms with Crippen molar-refractivity contribution in [3.8, 4) is 11.5 Å². The van der Waals surface area contributed by atoms with Gasteiger partial charge in [-0.15, -0.1) is 0 Å². The van der Waals surface area contributed by atoms with E-state index in [0.717, 1.165) is 0 Å². The number of benzene rings is 2. The van der Waals surface area contributed by atoms with E-state index in [1.165, 1.54) is 26.6 Å². The highest BCUT2D eigenvalue weighted by molar-refractivity contribution is 6.10. The predicted octanol–water partition coefficient (Wildman–Crippen LogP) is 3.71. The van der Waals surface area contributed by atoms with Gasteiger partial charge in [0.15, 0.2) is 0 Å². The maximum Gasteiger partial charge on any atom is 0.272 e. The van der Waals surface area contributed by atoms with Crippen LogP contribution in [0.25, 0.3) is 6.08 Å². The molecule has 1 heterocycles. The highest BCUT2D eigenvalue weighted by atomic mass is 16.5. The highest BCUT2D eigenvalue weighted by Gasteiger charge is 2.16. The van der Waals surface area contributed by atoms with Crippen LogP contribution in [0.2, 0.25) is 0 Å². The van der Waals surface area contributed by atoms with Crippen molar-refractivity contribution in [2.75, 3.05) is 19.5 Å². The van der Waals surface area contributed by atoms with Crippen molar-refractivity contribution in [2.45, 2.75) is 0 Å². The summed E-state index contributed by atoms with van der Waals surface area (Å²) in [5.41, 5.74) is 0.898. The van der Waals surface area contributed by atoms with Crippen molar-refractivity contribution < 1.29 is 23.5 Å². The van der Waals surface area contributed by atoms with Crippen LogP contribution in [0.1, 0.15) is 16.1 Å². The van der Waals surface area contributed by atoms with Crippen LogP contribution in [0.4, 0.5) is 5.69 Å². The van der Waals surface area contributed by atoms with Crippen LogP contribution >= 0.6 is 0 Å². The molecule has 3 aromatic rings. The van der Waals surface area contributed by atoms with E-state index < -0.39 is 11.8 Å². The van der Waals surface area contributed by atoms with Crippen LogP contribution < -0.4 is 20.1 Å². The number of anilines is 1. The molecule has 29 heavy (non-hydrogen) atoms. The normalized spacial score (nSPS) is 10.9. The van der Waals surface area contributed by atoms with Gasteiger partial charge in [0, 0.05) is 35.5 Å². The Morgan fingerprint density at radius 3 is 2.21 bits per heavy atom. The molecular formula is C22H20N2O5. The number of methoxy groups -OCH3 is 2. The van der Waals surface area contributed by atoms with Crippen molar-refractivity contribution in [1.29, 1.82) is 0 Å². The summed E-state index contributed by atoms with van der Waals surface area (Å²) in [6.45, 7) is 0. The number of rotatable bonds is 7. The average Bonchev–Trinajstić information content (AvgIpc) is 3.26. The molecule has 0 radical (unpaired) electrons. The number of hydrogen-bond acceptors (Lipinski definition) is 5. The molecule has 0 bridgehead atoms. The van der Waals surface area contributed by atoms with Crippen molar-refractivity contribution in [3.05, 3.63) is 83.9 Å². The standard InChI is InChI=1S/C22H20N2O5/c1-27-18-11-16(12-19(13-18)28-2)23-22(26)20(14-17-9-6-10-29-17)24-21(25)15-7-4-3-5-8-15/h3-14H,1-2H3,(H,23,26)(H,24,25). The van der Waals surface area contributed by atoms with Gasteiger partial charge in [-0.1, -0.05) is 18.2 Å². The number of nitrogens with one attached hydrogen (secondary N) is 2.